The molecular formula is C26H28N2O5. The van der Waals surface area contributed by atoms with Crippen molar-refractivity contribution in [1.29, 1.82) is 0 Å². The van der Waals surface area contributed by atoms with E-state index in [2.05, 4.69) is 29.6 Å². The molecule has 5 rings (SSSR count). The number of nitrogens with zero attached hydrogens (tertiary/aromatic N) is 1. The van der Waals surface area contributed by atoms with Gasteiger partial charge >= 0.3 is 12.1 Å². The van der Waals surface area contributed by atoms with Crippen molar-refractivity contribution < 1.29 is 24.2 Å². The number of carboxylic acids is 1. The highest BCUT2D eigenvalue weighted by molar-refractivity contribution is 5.85. The van der Waals surface area contributed by atoms with Crippen LogP contribution in [-0.2, 0) is 14.3 Å². The molecule has 7 nitrogen and oxygen atoms in total. The van der Waals surface area contributed by atoms with Crippen LogP contribution in [-0.4, -0.2) is 54.2 Å². The van der Waals surface area contributed by atoms with Crippen molar-refractivity contribution in [3.63, 3.8) is 0 Å². The molecule has 3 atom stereocenters. The lowest BCUT2D eigenvalue weighted by Gasteiger charge is -2.25. The summed E-state index contributed by atoms with van der Waals surface area (Å²) in [6.45, 7) is 3.05. The number of alkyl carbamates (subject to hydrolysis) is 1. The van der Waals surface area contributed by atoms with Gasteiger partial charge in [0.2, 0.25) is 5.91 Å². The van der Waals surface area contributed by atoms with E-state index in [0.29, 0.717) is 19.4 Å². The van der Waals surface area contributed by atoms with Gasteiger partial charge in [0, 0.05) is 25.6 Å². The Morgan fingerprint density at radius 2 is 1.76 bits per heavy atom. The van der Waals surface area contributed by atoms with Crippen LogP contribution in [0.25, 0.3) is 11.1 Å². The number of aliphatic carboxylic acids is 1. The molecule has 7 heteroatoms. The first-order valence-corrected chi connectivity index (χ1v) is 11.6. The monoisotopic (exact) mass is 448 g/mol. The Labute approximate surface area is 192 Å². The van der Waals surface area contributed by atoms with Crippen molar-refractivity contribution in [2.45, 2.75) is 25.7 Å². The normalized spacial score (nSPS) is 23.3. The standard InChI is InChI=1S/C26H28N2O5/c1-2-16(23(29)28-13-17-11-26(17,15-28)24(30)31)12-27-25(32)33-14-22-20-9-5-3-7-18(20)19-8-4-6-10-21(19)22/h3-10,16-17,22H,2,11-15H2,1H3,(H,27,32)(H,30,31). The minimum atomic E-state index is -0.812. The number of amides is 2. The first-order chi connectivity index (χ1) is 15.9. The van der Waals surface area contributed by atoms with Gasteiger partial charge in [-0.05, 0) is 41.0 Å². The summed E-state index contributed by atoms with van der Waals surface area (Å²) in [7, 11) is 0. The first-order valence-electron chi connectivity index (χ1n) is 11.6. The molecular weight excluding hydrogens is 420 g/mol. The molecule has 2 aromatic rings. The van der Waals surface area contributed by atoms with Crippen molar-refractivity contribution in [3.8, 4) is 11.1 Å². The summed E-state index contributed by atoms with van der Waals surface area (Å²) in [5.74, 6) is -1.26. The van der Waals surface area contributed by atoms with Crippen molar-refractivity contribution >= 4 is 18.0 Å². The molecule has 2 aromatic carbocycles. The van der Waals surface area contributed by atoms with Crippen LogP contribution in [0, 0.1) is 17.3 Å². The molecule has 172 valence electrons. The van der Waals surface area contributed by atoms with Gasteiger partial charge in [-0.25, -0.2) is 4.79 Å². The highest BCUT2D eigenvalue weighted by atomic mass is 16.5. The number of carbonyl (C=O) groups excluding carboxylic acids is 2. The molecule has 2 aliphatic carbocycles. The van der Waals surface area contributed by atoms with Gasteiger partial charge in [0.15, 0.2) is 0 Å². The van der Waals surface area contributed by atoms with Crippen LogP contribution in [0.3, 0.4) is 0 Å². The van der Waals surface area contributed by atoms with Gasteiger partial charge in [0.25, 0.3) is 0 Å². The van der Waals surface area contributed by atoms with E-state index in [1.807, 2.05) is 31.2 Å². The van der Waals surface area contributed by atoms with Gasteiger partial charge < -0.3 is 20.1 Å². The molecule has 0 radical (unpaired) electrons. The van der Waals surface area contributed by atoms with E-state index in [4.69, 9.17) is 4.74 Å². The number of hydrogen-bond donors (Lipinski definition) is 2. The molecule has 3 unspecified atom stereocenters. The van der Waals surface area contributed by atoms with Crippen LogP contribution in [0.4, 0.5) is 4.79 Å². The number of piperidine rings is 1. The molecule has 1 heterocycles. The third kappa shape index (κ3) is 3.65. The highest BCUT2D eigenvalue weighted by Gasteiger charge is 2.66. The topological polar surface area (TPSA) is 95.9 Å². The molecule has 2 amide bonds. The lowest BCUT2D eigenvalue weighted by atomic mass is 9.98. The van der Waals surface area contributed by atoms with Gasteiger partial charge in [-0.2, -0.15) is 0 Å². The molecule has 1 saturated heterocycles. The fourth-order valence-electron chi connectivity index (χ4n) is 5.50. The van der Waals surface area contributed by atoms with Crippen molar-refractivity contribution in [1.82, 2.24) is 10.2 Å². The number of ether oxygens (including phenoxy) is 1. The average molecular weight is 449 g/mol. The zero-order chi connectivity index (χ0) is 23.2. The van der Waals surface area contributed by atoms with E-state index < -0.39 is 23.4 Å². The summed E-state index contributed by atoms with van der Waals surface area (Å²) in [4.78, 5) is 38.5. The lowest BCUT2D eigenvalue weighted by Crippen LogP contribution is -2.42. The number of benzene rings is 2. The van der Waals surface area contributed by atoms with Crippen LogP contribution in [0.2, 0.25) is 0 Å². The fourth-order valence-corrected chi connectivity index (χ4v) is 5.50. The van der Waals surface area contributed by atoms with Crippen molar-refractivity contribution in [2.24, 2.45) is 17.3 Å². The van der Waals surface area contributed by atoms with Gasteiger partial charge in [-0.15, -0.1) is 0 Å². The van der Waals surface area contributed by atoms with E-state index >= 15 is 0 Å². The zero-order valence-electron chi connectivity index (χ0n) is 18.6. The molecule has 2 N–H and O–H groups in total. The summed E-state index contributed by atoms with van der Waals surface area (Å²) in [6, 6.07) is 16.3. The van der Waals surface area contributed by atoms with E-state index in [-0.39, 0.29) is 37.4 Å². The molecule has 0 aromatic heterocycles. The van der Waals surface area contributed by atoms with Crippen LogP contribution in [0.5, 0.6) is 0 Å². The smallest absolute Gasteiger partial charge is 0.407 e. The van der Waals surface area contributed by atoms with Crippen molar-refractivity contribution in [2.75, 3.05) is 26.2 Å². The number of carboxylic acid groups (broad SMARTS) is 1. The predicted molar refractivity (Wildman–Crippen MR) is 122 cm³/mol. The van der Waals surface area contributed by atoms with Crippen LogP contribution in [0.1, 0.15) is 36.8 Å². The zero-order valence-corrected chi connectivity index (χ0v) is 18.6. The Kier molecular flexibility index (Phi) is 5.35. The van der Waals surface area contributed by atoms with Gasteiger partial charge in [0.1, 0.15) is 6.61 Å². The Bertz CT molecular complexity index is 1070. The SMILES string of the molecule is CCC(CNC(=O)OCC1c2ccccc2-c2ccccc21)C(=O)N1CC2CC2(C(=O)O)C1. The third-order valence-electron chi connectivity index (χ3n) is 7.56. The van der Waals surface area contributed by atoms with Crippen LogP contribution < -0.4 is 5.32 Å². The average Bonchev–Trinajstić information content (AvgIpc) is 3.25. The molecule has 3 aliphatic rings. The second kappa shape index (κ2) is 8.21. The molecule has 0 bridgehead atoms. The van der Waals surface area contributed by atoms with Gasteiger partial charge in [0.05, 0.1) is 11.3 Å². The molecule has 1 aliphatic heterocycles. The number of nitrogens with one attached hydrogen (secondary N) is 1. The second-order valence-corrected chi connectivity index (χ2v) is 9.39. The number of carbonyl (C=O) groups is 3. The molecule has 33 heavy (non-hydrogen) atoms. The van der Waals surface area contributed by atoms with E-state index in [9.17, 15) is 19.5 Å². The maximum atomic E-state index is 12.9. The minimum Gasteiger partial charge on any atom is -0.481 e. The third-order valence-corrected chi connectivity index (χ3v) is 7.56. The van der Waals surface area contributed by atoms with Gasteiger partial charge in [-0.3, -0.25) is 9.59 Å². The minimum absolute atomic E-state index is 0.0183. The van der Waals surface area contributed by atoms with E-state index in [1.54, 1.807) is 4.90 Å². The Hall–Kier alpha value is -3.35. The highest BCUT2D eigenvalue weighted by Crippen LogP contribution is 2.58. The quantitative estimate of drug-likeness (QED) is 0.676. The van der Waals surface area contributed by atoms with E-state index in [0.717, 1.165) is 11.1 Å². The maximum absolute atomic E-state index is 12.9. The predicted octanol–water partition coefficient (Wildman–Crippen LogP) is 3.48. The number of fused-ring (bicyclic) bond motifs is 4. The fraction of sp³-hybridized carbons (Fsp3) is 0.423. The van der Waals surface area contributed by atoms with Crippen LogP contribution >= 0.6 is 0 Å². The molecule has 1 saturated carbocycles. The molecule has 0 spiro atoms. The summed E-state index contributed by atoms with van der Waals surface area (Å²) in [5, 5.41) is 12.2. The largest absolute Gasteiger partial charge is 0.481 e. The second-order valence-electron chi connectivity index (χ2n) is 9.39. The number of rotatable bonds is 7. The Morgan fingerprint density at radius 1 is 1.12 bits per heavy atom. The van der Waals surface area contributed by atoms with Crippen molar-refractivity contribution in [3.05, 3.63) is 59.7 Å². The summed E-state index contributed by atoms with van der Waals surface area (Å²) in [6.07, 6.45) is 0.666. The molecule has 2 fully saturated rings. The van der Waals surface area contributed by atoms with Gasteiger partial charge in [-0.1, -0.05) is 55.5 Å². The first kappa shape index (κ1) is 21.5. The van der Waals surface area contributed by atoms with E-state index in [1.165, 1.54) is 11.1 Å². The summed E-state index contributed by atoms with van der Waals surface area (Å²) in [5.41, 5.74) is 3.89. The Morgan fingerprint density at radius 3 is 2.33 bits per heavy atom. The maximum Gasteiger partial charge on any atom is 0.407 e. The number of hydrogen-bond acceptors (Lipinski definition) is 4. The van der Waals surface area contributed by atoms with Crippen LogP contribution in [0.15, 0.2) is 48.5 Å². The Balaban J connectivity index is 1.16. The summed E-state index contributed by atoms with van der Waals surface area (Å²) >= 11 is 0. The lowest BCUT2D eigenvalue weighted by molar-refractivity contribution is -0.144. The summed E-state index contributed by atoms with van der Waals surface area (Å²) < 4.78 is 5.56. The number of likely N-dealkylation sites (tertiary alicyclic amines) is 1.